The summed E-state index contributed by atoms with van der Waals surface area (Å²) in [4.78, 5) is 11.5. The number of amides is 1. The van der Waals surface area contributed by atoms with Crippen molar-refractivity contribution in [2.75, 3.05) is 19.6 Å². The molecule has 1 heterocycles. The summed E-state index contributed by atoms with van der Waals surface area (Å²) >= 11 is 0. The molecule has 100 valence electrons. The van der Waals surface area contributed by atoms with E-state index in [1.165, 1.54) is 0 Å². The number of carbonyl (C=O) groups excluding carboxylic acids is 1. The molecule has 1 aliphatic rings. The molecule has 0 aromatic carbocycles. The average Bonchev–Trinajstić information content (AvgIpc) is 2.10. The second-order valence-corrected chi connectivity index (χ2v) is 6.01. The molecule has 1 aliphatic heterocycles. The first kappa shape index (κ1) is 14.3. The maximum Gasteiger partial charge on any atom is 0.407 e. The van der Waals surface area contributed by atoms with Gasteiger partial charge in [-0.25, -0.2) is 4.79 Å². The van der Waals surface area contributed by atoms with E-state index in [9.17, 15) is 4.79 Å². The molecular formula is C12H24N2O3. The zero-order chi connectivity index (χ0) is 13.1. The van der Waals surface area contributed by atoms with Crippen LogP contribution in [-0.4, -0.2) is 43.0 Å². The molecule has 1 fully saturated rings. The van der Waals surface area contributed by atoms with E-state index in [-0.39, 0.29) is 11.7 Å². The zero-order valence-corrected chi connectivity index (χ0v) is 11.4. The Morgan fingerprint density at radius 3 is 2.71 bits per heavy atom. The standard InChI is InChI=1S/C12H24N2O3/c1-11(2,3)17-10(15)14-7-9-6-13-8-12(4,5)16-9/h9,13H,6-8H2,1-5H3,(H,14,15)/t9-/m1/s1. The summed E-state index contributed by atoms with van der Waals surface area (Å²) in [6.45, 7) is 11.6. The molecular weight excluding hydrogens is 220 g/mol. The van der Waals surface area contributed by atoms with Gasteiger partial charge in [-0.15, -0.1) is 0 Å². The highest BCUT2D eigenvalue weighted by atomic mass is 16.6. The van der Waals surface area contributed by atoms with Crippen LogP contribution in [0.3, 0.4) is 0 Å². The lowest BCUT2D eigenvalue weighted by Crippen LogP contribution is -2.54. The molecule has 0 radical (unpaired) electrons. The Morgan fingerprint density at radius 1 is 1.53 bits per heavy atom. The highest BCUT2D eigenvalue weighted by Crippen LogP contribution is 2.14. The van der Waals surface area contributed by atoms with Crippen molar-refractivity contribution in [2.24, 2.45) is 0 Å². The SMILES string of the molecule is CC(C)(C)OC(=O)NC[C@H]1CNCC(C)(C)O1. The molecule has 0 bridgehead atoms. The van der Waals surface area contributed by atoms with Crippen LogP contribution in [0.1, 0.15) is 34.6 Å². The van der Waals surface area contributed by atoms with E-state index in [0.29, 0.717) is 6.54 Å². The predicted octanol–water partition coefficient (Wildman–Crippen LogP) is 1.28. The smallest absolute Gasteiger partial charge is 0.407 e. The summed E-state index contributed by atoms with van der Waals surface area (Å²) in [5.74, 6) is 0. The maximum atomic E-state index is 11.5. The van der Waals surface area contributed by atoms with Crippen molar-refractivity contribution < 1.29 is 14.3 Å². The molecule has 5 heteroatoms. The molecule has 17 heavy (non-hydrogen) atoms. The number of hydrogen-bond donors (Lipinski definition) is 2. The van der Waals surface area contributed by atoms with Crippen LogP contribution in [0.25, 0.3) is 0 Å². The quantitative estimate of drug-likeness (QED) is 0.768. The normalized spacial score (nSPS) is 24.2. The minimum Gasteiger partial charge on any atom is -0.444 e. The van der Waals surface area contributed by atoms with Crippen LogP contribution in [-0.2, 0) is 9.47 Å². The lowest BCUT2D eigenvalue weighted by Gasteiger charge is -2.36. The summed E-state index contributed by atoms with van der Waals surface area (Å²) in [5.41, 5.74) is -0.645. The first-order chi connectivity index (χ1) is 7.68. The van der Waals surface area contributed by atoms with Crippen molar-refractivity contribution in [2.45, 2.75) is 51.9 Å². The molecule has 0 aromatic heterocycles. The Hall–Kier alpha value is -0.810. The molecule has 0 aliphatic carbocycles. The van der Waals surface area contributed by atoms with Gasteiger partial charge in [-0.3, -0.25) is 0 Å². The molecule has 0 unspecified atom stereocenters. The molecule has 0 aromatic rings. The van der Waals surface area contributed by atoms with Gasteiger partial charge in [0.15, 0.2) is 0 Å². The third-order valence-corrected chi connectivity index (χ3v) is 2.28. The molecule has 1 saturated heterocycles. The van der Waals surface area contributed by atoms with Crippen LogP contribution in [0, 0.1) is 0 Å². The molecule has 1 rings (SSSR count). The highest BCUT2D eigenvalue weighted by molar-refractivity contribution is 5.67. The fourth-order valence-electron chi connectivity index (χ4n) is 1.69. The van der Waals surface area contributed by atoms with Crippen molar-refractivity contribution in [3.8, 4) is 0 Å². The minimum atomic E-state index is -0.463. The van der Waals surface area contributed by atoms with Gasteiger partial charge in [-0.05, 0) is 34.6 Å². The average molecular weight is 244 g/mol. The number of nitrogens with one attached hydrogen (secondary N) is 2. The number of rotatable bonds is 2. The number of hydrogen-bond acceptors (Lipinski definition) is 4. The van der Waals surface area contributed by atoms with Crippen molar-refractivity contribution >= 4 is 6.09 Å². The van der Waals surface area contributed by atoms with Crippen LogP contribution < -0.4 is 10.6 Å². The number of ether oxygens (including phenoxy) is 2. The van der Waals surface area contributed by atoms with Crippen molar-refractivity contribution in [1.29, 1.82) is 0 Å². The largest absolute Gasteiger partial charge is 0.444 e. The second-order valence-electron chi connectivity index (χ2n) is 6.01. The Kier molecular flexibility index (Phi) is 4.38. The third kappa shape index (κ3) is 5.89. The summed E-state index contributed by atoms with van der Waals surface area (Å²) in [6, 6.07) is 0. The molecule has 0 saturated carbocycles. The summed E-state index contributed by atoms with van der Waals surface area (Å²) in [7, 11) is 0. The molecule has 5 nitrogen and oxygen atoms in total. The van der Waals surface area contributed by atoms with Gasteiger partial charge in [-0.2, -0.15) is 0 Å². The molecule has 2 N–H and O–H groups in total. The van der Waals surface area contributed by atoms with Crippen LogP contribution >= 0.6 is 0 Å². The summed E-state index contributed by atoms with van der Waals surface area (Å²) in [6.07, 6.45) is -0.407. The van der Waals surface area contributed by atoms with Crippen LogP contribution in [0.2, 0.25) is 0 Å². The van der Waals surface area contributed by atoms with Gasteiger partial charge in [0.05, 0.1) is 11.7 Å². The Bertz CT molecular complexity index is 271. The first-order valence-corrected chi connectivity index (χ1v) is 6.03. The molecule has 1 amide bonds. The van der Waals surface area contributed by atoms with E-state index in [0.717, 1.165) is 13.1 Å². The van der Waals surface area contributed by atoms with Gasteiger partial charge in [0, 0.05) is 19.6 Å². The maximum absolute atomic E-state index is 11.5. The van der Waals surface area contributed by atoms with Gasteiger partial charge >= 0.3 is 6.09 Å². The zero-order valence-electron chi connectivity index (χ0n) is 11.4. The van der Waals surface area contributed by atoms with E-state index < -0.39 is 11.7 Å². The lowest BCUT2D eigenvalue weighted by atomic mass is 10.1. The number of carbonyl (C=O) groups is 1. The summed E-state index contributed by atoms with van der Waals surface area (Å²) in [5, 5.41) is 6.00. The van der Waals surface area contributed by atoms with E-state index in [1.54, 1.807) is 0 Å². The second kappa shape index (κ2) is 5.23. The van der Waals surface area contributed by atoms with Crippen molar-refractivity contribution in [3.63, 3.8) is 0 Å². The first-order valence-electron chi connectivity index (χ1n) is 6.03. The Morgan fingerprint density at radius 2 is 2.18 bits per heavy atom. The molecule has 1 atom stereocenters. The van der Waals surface area contributed by atoms with E-state index in [1.807, 2.05) is 34.6 Å². The van der Waals surface area contributed by atoms with Gasteiger partial charge in [0.1, 0.15) is 5.60 Å². The van der Waals surface area contributed by atoms with Gasteiger partial charge in [0.25, 0.3) is 0 Å². The Balaban J connectivity index is 2.29. The number of morpholine rings is 1. The van der Waals surface area contributed by atoms with Gasteiger partial charge in [-0.1, -0.05) is 0 Å². The predicted molar refractivity (Wildman–Crippen MR) is 66.1 cm³/mol. The lowest BCUT2D eigenvalue weighted by molar-refractivity contribution is -0.0920. The number of alkyl carbamates (subject to hydrolysis) is 1. The van der Waals surface area contributed by atoms with Crippen molar-refractivity contribution in [3.05, 3.63) is 0 Å². The Labute approximate surface area is 103 Å². The fourth-order valence-corrected chi connectivity index (χ4v) is 1.69. The molecule has 0 spiro atoms. The van der Waals surface area contributed by atoms with Gasteiger partial charge < -0.3 is 20.1 Å². The fraction of sp³-hybridized carbons (Fsp3) is 0.917. The van der Waals surface area contributed by atoms with Crippen molar-refractivity contribution in [1.82, 2.24) is 10.6 Å². The monoisotopic (exact) mass is 244 g/mol. The minimum absolute atomic E-state index is 0.00808. The van der Waals surface area contributed by atoms with E-state index >= 15 is 0 Å². The van der Waals surface area contributed by atoms with E-state index in [2.05, 4.69) is 10.6 Å². The highest BCUT2D eigenvalue weighted by Gasteiger charge is 2.28. The third-order valence-electron chi connectivity index (χ3n) is 2.28. The van der Waals surface area contributed by atoms with E-state index in [4.69, 9.17) is 9.47 Å². The summed E-state index contributed by atoms with van der Waals surface area (Å²) < 4.78 is 11.0. The topological polar surface area (TPSA) is 59.6 Å². The van der Waals surface area contributed by atoms with Crippen LogP contribution in [0.15, 0.2) is 0 Å². The van der Waals surface area contributed by atoms with Crippen LogP contribution in [0.5, 0.6) is 0 Å². The van der Waals surface area contributed by atoms with Crippen LogP contribution in [0.4, 0.5) is 4.79 Å². The van der Waals surface area contributed by atoms with Gasteiger partial charge in [0.2, 0.25) is 0 Å².